The topological polar surface area (TPSA) is 8.88 Å². The first kappa shape index (κ1) is 11.9. The van der Waals surface area contributed by atoms with Gasteiger partial charge in [0.15, 0.2) is 0 Å². The maximum absolute atomic E-state index is 2.27. The highest BCUT2D eigenvalue weighted by Gasteiger charge is 2.07. The van der Waals surface area contributed by atoms with E-state index >= 15 is 0 Å². The molecule has 0 spiro atoms. The number of hydrogen-bond donors (Lipinski definition) is 2. The molecule has 0 radical (unpaired) electrons. The first-order valence-corrected chi connectivity index (χ1v) is 5.45. The van der Waals surface area contributed by atoms with Crippen LogP contribution in [0.2, 0.25) is 0 Å². The van der Waals surface area contributed by atoms with Crippen molar-refractivity contribution in [2.24, 2.45) is 0 Å². The summed E-state index contributed by atoms with van der Waals surface area (Å²) in [6, 6.07) is 0. The second-order valence-electron chi connectivity index (χ2n) is 3.41. The summed E-state index contributed by atoms with van der Waals surface area (Å²) in [4.78, 5) is 3.46. The lowest BCUT2D eigenvalue weighted by molar-refractivity contribution is -0.954. The van der Waals surface area contributed by atoms with Crippen LogP contribution in [0.5, 0.6) is 0 Å². The molecule has 2 N–H and O–H groups in total. The summed E-state index contributed by atoms with van der Waals surface area (Å²) in [6.07, 6.45) is 0. The van der Waals surface area contributed by atoms with E-state index in [4.69, 9.17) is 0 Å². The molecular formula is C10H26N2+2. The zero-order valence-corrected chi connectivity index (χ0v) is 9.24. The third kappa shape index (κ3) is 4.73. The minimum Gasteiger partial charge on any atom is -0.331 e. The molecule has 0 amide bonds. The lowest BCUT2D eigenvalue weighted by Crippen LogP contribution is -3.19. The van der Waals surface area contributed by atoms with Crippen LogP contribution in [0.1, 0.15) is 27.7 Å². The number of hydrogen-bond acceptors (Lipinski definition) is 0. The van der Waals surface area contributed by atoms with Gasteiger partial charge in [0.25, 0.3) is 0 Å². The molecule has 2 nitrogen and oxygen atoms in total. The molecule has 0 atom stereocenters. The van der Waals surface area contributed by atoms with E-state index in [9.17, 15) is 0 Å². The van der Waals surface area contributed by atoms with Crippen LogP contribution in [-0.2, 0) is 0 Å². The van der Waals surface area contributed by atoms with E-state index in [2.05, 4.69) is 27.7 Å². The minimum absolute atomic E-state index is 1.28. The summed E-state index contributed by atoms with van der Waals surface area (Å²) in [6.45, 7) is 16.9. The summed E-state index contributed by atoms with van der Waals surface area (Å²) < 4.78 is 0. The molecule has 0 aromatic carbocycles. The Balaban J connectivity index is 3.49. The van der Waals surface area contributed by atoms with Crippen molar-refractivity contribution in [1.29, 1.82) is 0 Å². The standard InChI is InChI=1S/C10H24N2/c1-5-11(6-2)9-10-12(7-3)8-4/h5-10H2,1-4H3/p+2. The van der Waals surface area contributed by atoms with Gasteiger partial charge in [-0.25, -0.2) is 0 Å². The van der Waals surface area contributed by atoms with Gasteiger partial charge in [0.1, 0.15) is 13.1 Å². The average molecular weight is 174 g/mol. The first-order chi connectivity index (χ1) is 5.78. The van der Waals surface area contributed by atoms with E-state index in [0.717, 1.165) is 0 Å². The summed E-state index contributed by atoms with van der Waals surface area (Å²) in [7, 11) is 0. The van der Waals surface area contributed by atoms with E-state index in [1.807, 2.05) is 0 Å². The zero-order chi connectivity index (χ0) is 9.40. The second-order valence-corrected chi connectivity index (χ2v) is 3.41. The summed E-state index contributed by atoms with van der Waals surface area (Å²) in [5.41, 5.74) is 0. The van der Waals surface area contributed by atoms with Crippen molar-refractivity contribution in [3.05, 3.63) is 0 Å². The largest absolute Gasteiger partial charge is 0.331 e. The normalized spacial score (nSPS) is 11.5. The molecule has 0 saturated heterocycles. The highest BCUT2D eigenvalue weighted by molar-refractivity contribution is 4.25. The fraction of sp³-hybridized carbons (Fsp3) is 1.00. The highest BCUT2D eigenvalue weighted by atomic mass is 15.2. The van der Waals surface area contributed by atoms with E-state index in [-0.39, 0.29) is 0 Å². The Kier molecular flexibility index (Phi) is 7.51. The Bertz CT molecular complexity index is 73.8. The Labute approximate surface area is 77.5 Å². The zero-order valence-electron chi connectivity index (χ0n) is 9.24. The number of nitrogens with one attached hydrogen (secondary N) is 2. The van der Waals surface area contributed by atoms with Crippen molar-refractivity contribution in [3.8, 4) is 0 Å². The monoisotopic (exact) mass is 174 g/mol. The molecule has 0 aromatic heterocycles. The van der Waals surface area contributed by atoms with Gasteiger partial charge in [0.05, 0.1) is 26.2 Å². The Hall–Kier alpha value is -0.0800. The van der Waals surface area contributed by atoms with Crippen LogP contribution < -0.4 is 9.80 Å². The maximum Gasteiger partial charge on any atom is 0.127 e. The van der Waals surface area contributed by atoms with Gasteiger partial charge < -0.3 is 9.80 Å². The fourth-order valence-corrected chi connectivity index (χ4v) is 1.56. The molecule has 0 bridgehead atoms. The lowest BCUT2D eigenvalue weighted by Gasteiger charge is -2.19. The van der Waals surface area contributed by atoms with Crippen molar-refractivity contribution in [3.63, 3.8) is 0 Å². The molecule has 0 aliphatic heterocycles. The third-order valence-electron chi connectivity index (χ3n) is 2.83. The van der Waals surface area contributed by atoms with Crippen molar-refractivity contribution in [1.82, 2.24) is 0 Å². The van der Waals surface area contributed by atoms with Crippen LogP contribution >= 0.6 is 0 Å². The van der Waals surface area contributed by atoms with Crippen LogP contribution in [0.25, 0.3) is 0 Å². The molecule has 0 heterocycles. The summed E-state index contributed by atoms with van der Waals surface area (Å²) in [5.74, 6) is 0. The molecule has 0 unspecified atom stereocenters. The van der Waals surface area contributed by atoms with Gasteiger partial charge in [-0.15, -0.1) is 0 Å². The molecule has 0 aliphatic rings. The predicted octanol–water partition coefficient (Wildman–Crippen LogP) is -1.16. The van der Waals surface area contributed by atoms with Crippen LogP contribution in [0.4, 0.5) is 0 Å². The Morgan fingerprint density at radius 1 is 0.583 bits per heavy atom. The van der Waals surface area contributed by atoms with Gasteiger partial charge in [0, 0.05) is 0 Å². The van der Waals surface area contributed by atoms with Gasteiger partial charge in [-0.2, -0.15) is 0 Å². The molecule has 12 heavy (non-hydrogen) atoms. The Morgan fingerprint density at radius 3 is 1.00 bits per heavy atom. The molecule has 0 aliphatic carbocycles. The van der Waals surface area contributed by atoms with Crippen LogP contribution in [0, 0.1) is 0 Å². The second kappa shape index (κ2) is 7.56. The van der Waals surface area contributed by atoms with Gasteiger partial charge in [-0.1, -0.05) is 0 Å². The fourth-order valence-electron chi connectivity index (χ4n) is 1.56. The smallest absolute Gasteiger partial charge is 0.127 e. The molecule has 0 saturated carbocycles. The van der Waals surface area contributed by atoms with Crippen LogP contribution in [-0.4, -0.2) is 39.3 Å². The van der Waals surface area contributed by atoms with Gasteiger partial charge in [-0.3, -0.25) is 0 Å². The van der Waals surface area contributed by atoms with Crippen molar-refractivity contribution < 1.29 is 9.80 Å². The third-order valence-corrected chi connectivity index (χ3v) is 2.83. The lowest BCUT2D eigenvalue weighted by atomic mass is 10.4. The maximum atomic E-state index is 2.27. The van der Waals surface area contributed by atoms with Crippen LogP contribution in [0.15, 0.2) is 0 Å². The van der Waals surface area contributed by atoms with Crippen molar-refractivity contribution in [2.45, 2.75) is 27.7 Å². The van der Waals surface area contributed by atoms with Gasteiger partial charge in [0.2, 0.25) is 0 Å². The van der Waals surface area contributed by atoms with Gasteiger partial charge in [-0.05, 0) is 27.7 Å². The van der Waals surface area contributed by atoms with Gasteiger partial charge >= 0.3 is 0 Å². The van der Waals surface area contributed by atoms with Crippen molar-refractivity contribution in [2.75, 3.05) is 39.3 Å². The highest BCUT2D eigenvalue weighted by Crippen LogP contribution is 1.52. The number of quaternary nitrogens is 2. The average Bonchev–Trinajstić information content (AvgIpc) is 2.13. The van der Waals surface area contributed by atoms with E-state index < -0.39 is 0 Å². The molecule has 0 fully saturated rings. The molecular weight excluding hydrogens is 148 g/mol. The number of rotatable bonds is 7. The summed E-state index contributed by atoms with van der Waals surface area (Å²) >= 11 is 0. The predicted molar refractivity (Wildman–Crippen MR) is 53.8 cm³/mol. The molecule has 0 aromatic rings. The SMILES string of the molecule is CC[NH+](CC)CC[NH+](CC)CC. The van der Waals surface area contributed by atoms with E-state index in [0.29, 0.717) is 0 Å². The van der Waals surface area contributed by atoms with E-state index in [1.165, 1.54) is 39.3 Å². The minimum atomic E-state index is 1.28. The van der Waals surface area contributed by atoms with Crippen LogP contribution in [0.3, 0.4) is 0 Å². The molecule has 2 heteroatoms. The molecule has 0 rings (SSSR count). The Morgan fingerprint density at radius 2 is 0.833 bits per heavy atom. The first-order valence-electron chi connectivity index (χ1n) is 5.45. The van der Waals surface area contributed by atoms with Crippen molar-refractivity contribution >= 4 is 0 Å². The quantitative estimate of drug-likeness (QED) is 0.482. The molecule has 74 valence electrons. The summed E-state index contributed by atoms with van der Waals surface area (Å²) in [5, 5.41) is 0. The van der Waals surface area contributed by atoms with E-state index in [1.54, 1.807) is 9.80 Å². The number of likely N-dealkylation sites (N-methyl/N-ethyl adjacent to an activating group) is 2.